The van der Waals surface area contributed by atoms with Crippen LogP contribution in [0.1, 0.15) is 16.8 Å². The molecule has 1 aromatic carbocycles. The lowest BCUT2D eigenvalue weighted by Gasteiger charge is -2.20. The molecule has 1 N–H and O–H groups in total. The van der Waals surface area contributed by atoms with Crippen LogP contribution >= 0.6 is 24.2 Å². The van der Waals surface area contributed by atoms with Crippen molar-refractivity contribution in [1.29, 1.82) is 0 Å². The van der Waals surface area contributed by atoms with Crippen molar-refractivity contribution in [2.45, 2.75) is 6.42 Å². The molecule has 2 rings (SSSR count). The standard InChI is InChI=1S/C12H12ClNO3S/c13-9-3-1-2-8(12(16)17)11(9)14-5-7(6-18)4-10(14)15/h1-3,7,18H,4-6H2,(H,16,17). The molecule has 0 aromatic heterocycles. The summed E-state index contributed by atoms with van der Waals surface area (Å²) in [6.45, 7) is 0.465. The number of anilines is 1. The fourth-order valence-corrected chi connectivity index (χ4v) is 2.60. The van der Waals surface area contributed by atoms with E-state index in [2.05, 4.69) is 12.6 Å². The molecular formula is C12H12ClNO3S. The van der Waals surface area contributed by atoms with Gasteiger partial charge in [-0.1, -0.05) is 17.7 Å². The van der Waals surface area contributed by atoms with Crippen LogP contribution in [0.25, 0.3) is 0 Å². The first-order chi connectivity index (χ1) is 8.54. The fourth-order valence-electron chi connectivity index (χ4n) is 2.08. The SMILES string of the molecule is O=C(O)c1cccc(Cl)c1N1CC(CS)CC1=O. The summed E-state index contributed by atoms with van der Waals surface area (Å²) >= 11 is 10.2. The second-order valence-electron chi connectivity index (χ2n) is 4.20. The van der Waals surface area contributed by atoms with Crippen molar-refractivity contribution in [3.05, 3.63) is 28.8 Å². The van der Waals surface area contributed by atoms with Gasteiger partial charge in [-0.15, -0.1) is 0 Å². The number of hydrogen-bond donors (Lipinski definition) is 2. The third-order valence-corrected chi connectivity index (χ3v) is 3.77. The molecule has 0 radical (unpaired) electrons. The number of carbonyl (C=O) groups excluding carboxylic acids is 1. The van der Waals surface area contributed by atoms with Crippen LogP contribution < -0.4 is 4.90 Å². The molecule has 0 spiro atoms. The molecule has 1 aromatic rings. The third kappa shape index (κ3) is 2.33. The third-order valence-electron chi connectivity index (χ3n) is 2.95. The summed E-state index contributed by atoms with van der Waals surface area (Å²) in [6.07, 6.45) is 0.383. The molecule has 0 aliphatic carbocycles. The van der Waals surface area contributed by atoms with E-state index >= 15 is 0 Å². The van der Waals surface area contributed by atoms with E-state index in [9.17, 15) is 9.59 Å². The molecule has 0 bridgehead atoms. The van der Waals surface area contributed by atoms with Crippen LogP contribution in [0.2, 0.25) is 5.02 Å². The smallest absolute Gasteiger partial charge is 0.337 e. The highest BCUT2D eigenvalue weighted by molar-refractivity contribution is 7.80. The van der Waals surface area contributed by atoms with Crippen LogP contribution in [-0.2, 0) is 4.79 Å². The van der Waals surface area contributed by atoms with Gasteiger partial charge in [0.05, 0.1) is 16.3 Å². The highest BCUT2D eigenvalue weighted by atomic mass is 35.5. The van der Waals surface area contributed by atoms with Crippen LogP contribution in [0, 0.1) is 5.92 Å². The van der Waals surface area contributed by atoms with Gasteiger partial charge < -0.3 is 10.0 Å². The first-order valence-corrected chi connectivity index (χ1v) is 6.48. The van der Waals surface area contributed by atoms with Gasteiger partial charge in [0.15, 0.2) is 0 Å². The Kier molecular flexibility index (Phi) is 3.82. The van der Waals surface area contributed by atoms with E-state index in [1.54, 1.807) is 12.1 Å². The minimum absolute atomic E-state index is 0.0515. The number of thiol groups is 1. The zero-order valence-corrected chi connectivity index (χ0v) is 11.1. The number of aromatic carboxylic acids is 1. The van der Waals surface area contributed by atoms with Crippen molar-refractivity contribution >= 4 is 41.8 Å². The molecule has 1 aliphatic rings. The second kappa shape index (κ2) is 5.20. The normalized spacial score (nSPS) is 19.3. The summed E-state index contributed by atoms with van der Waals surface area (Å²) in [5.74, 6) is -0.465. The van der Waals surface area contributed by atoms with E-state index in [1.165, 1.54) is 11.0 Å². The molecule has 6 heteroatoms. The van der Waals surface area contributed by atoms with Gasteiger partial charge in [-0.3, -0.25) is 4.79 Å². The van der Waals surface area contributed by atoms with Gasteiger partial charge in [0.2, 0.25) is 5.91 Å². The van der Waals surface area contributed by atoms with Crippen LogP contribution in [0.15, 0.2) is 18.2 Å². The molecule has 18 heavy (non-hydrogen) atoms. The van der Waals surface area contributed by atoms with E-state index in [-0.39, 0.29) is 22.4 Å². The van der Waals surface area contributed by atoms with Crippen molar-refractivity contribution in [2.24, 2.45) is 5.92 Å². The topological polar surface area (TPSA) is 57.6 Å². The number of para-hydroxylation sites is 1. The van der Waals surface area contributed by atoms with Gasteiger partial charge in [0.25, 0.3) is 0 Å². The number of carboxylic acids is 1. The van der Waals surface area contributed by atoms with Gasteiger partial charge in [-0.05, 0) is 23.8 Å². The Balaban J connectivity index is 2.45. The summed E-state index contributed by atoms with van der Waals surface area (Å²) < 4.78 is 0. The highest BCUT2D eigenvalue weighted by Gasteiger charge is 2.33. The van der Waals surface area contributed by atoms with E-state index in [4.69, 9.17) is 16.7 Å². The number of rotatable bonds is 3. The maximum absolute atomic E-state index is 11.9. The molecule has 0 saturated carbocycles. The number of nitrogens with zero attached hydrogens (tertiary/aromatic N) is 1. The first kappa shape index (κ1) is 13.2. The van der Waals surface area contributed by atoms with Crippen LogP contribution in [0.3, 0.4) is 0 Å². The highest BCUT2D eigenvalue weighted by Crippen LogP contribution is 2.34. The number of hydrogen-bond acceptors (Lipinski definition) is 3. The molecule has 96 valence electrons. The predicted molar refractivity (Wildman–Crippen MR) is 72.7 cm³/mol. The molecule has 1 heterocycles. The summed E-state index contributed by atoms with van der Waals surface area (Å²) in [5, 5.41) is 9.43. The van der Waals surface area contributed by atoms with Gasteiger partial charge in [-0.2, -0.15) is 12.6 Å². The Bertz CT molecular complexity index is 506. The van der Waals surface area contributed by atoms with Crippen molar-refractivity contribution in [2.75, 3.05) is 17.2 Å². The zero-order valence-electron chi connectivity index (χ0n) is 9.47. The van der Waals surface area contributed by atoms with Crippen molar-refractivity contribution in [3.8, 4) is 0 Å². The van der Waals surface area contributed by atoms with E-state index in [1.807, 2.05) is 0 Å². The Morgan fingerprint density at radius 1 is 1.56 bits per heavy atom. The van der Waals surface area contributed by atoms with Gasteiger partial charge in [0, 0.05) is 13.0 Å². The van der Waals surface area contributed by atoms with Crippen LogP contribution in [-0.4, -0.2) is 29.3 Å². The number of carbonyl (C=O) groups is 2. The van der Waals surface area contributed by atoms with E-state index < -0.39 is 5.97 Å². The average molecular weight is 286 g/mol. The molecule has 4 nitrogen and oxygen atoms in total. The molecule has 1 atom stereocenters. The van der Waals surface area contributed by atoms with Crippen LogP contribution in [0.4, 0.5) is 5.69 Å². The molecule has 1 amide bonds. The van der Waals surface area contributed by atoms with Crippen LogP contribution in [0.5, 0.6) is 0 Å². The Labute approximate surface area is 115 Å². The summed E-state index contributed by atoms with van der Waals surface area (Å²) in [6, 6.07) is 4.60. The molecular weight excluding hydrogens is 274 g/mol. The monoisotopic (exact) mass is 285 g/mol. The van der Waals surface area contributed by atoms with Crippen molar-refractivity contribution in [3.63, 3.8) is 0 Å². The number of halogens is 1. The van der Waals surface area contributed by atoms with Gasteiger partial charge in [-0.25, -0.2) is 4.79 Å². The first-order valence-electron chi connectivity index (χ1n) is 5.47. The fraction of sp³-hybridized carbons (Fsp3) is 0.333. The zero-order chi connectivity index (χ0) is 13.3. The molecule has 1 saturated heterocycles. The lowest BCUT2D eigenvalue weighted by Crippen LogP contribution is -2.27. The largest absolute Gasteiger partial charge is 0.478 e. The van der Waals surface area contributed by atoms with E-state index in [0.29, 0.717) is 24.4 Å². The Morgan fingerprint density at radius 2 is 2.28 bits per heavy atom. The maximum atomic E-state index is 11.9. The quantitative estimate of drug-likeness (QED) is 0.838. The van der Waals surface area contributed by atoms with Gasteiger partial charge >= 0.3 is 5.97 Å². The number of carboxylic acid groups (broad SMARTS) is 1. The minimum atomic E-state index is -1.09. The second-order valence-corrected chi connectivity index (χ2v) is 4.97. The van der Waals surface area contributed by atoms with E-state index in [0.717, 1.165) is 0 Å². The lowest BCUT2D eigenvalue weighted by molar-refractivity contribution is -0.117. The van der Waals surface area contributed by atoms with Gasteiger partial charge in [0.1, 0.15) is 0 Å². The number of benzene rings is 1. The average Bonchev–Trinajstić information content (AvgIpc) is 2.70. The maximum Gasteiger partial charge on any atom is 0.337 e. The molecule has 1 aliphatic heterocycles. The Morgan fingerprint density at radius 3 is 2.83 bits per heavy atom. The number of amides is 1. The van der Waals surface area contributed by atoms with Crippen molar-refractivity contribution in [1.82, 2.24) is 0 Å². The predicted octanol–water partition coefficient (Wildman–Crippen LogP) is 2.32. The summed E-state index contributed by atoms with van der Waals surface area (Å²) in [5.41, 5.74) is 0.344. The summed E-state index contributed by atoms with van der Waals surface area (Å²) in [4.78, 5) is 24.5. The Hall–Kier alpha value is -1.20. The van der Waals surface area contributed by atoms with Crippen molar-refractivity contribution < 1.29 is 14.7 Å². The molecule has 1 fully saturated rings. The minimum Gasteiger partial charge on any atom is -0.478 e. The summed E-state index contributed by atoms with van der Waals surface area (Å²) in [7, 11) is 0. The lowest BCUT2D eigenvalue weighted by atomic mass is 10.1. The molecule has 1 unspecified atom stereocenters.